The second kappa shape index (κ2) is 3.23. The maximum Gasteiger partial charge on any atom is 0.278 e. The van der Waals surface area contributed by atoms with Crippen molar-refractivity contribution in [2.45, 2.75) is 0 Å². The average Bonchev–Trinajstić information content (AvgIpc) is 1.88. The Hall–Kier alpha value is -0.260. The average molecular weight is 161 g/mol. The molecule has 0 aromatic carbocycles. The van der Waals surface area contributed by atoms with Crippen molar-refractivity contribution < 1.29 is 4.79 Å². The summed E-state index contributed by atoms with van der Waals surface area (Å²) in [5, 5.41) is 1.54. The fourth-order valence-corrected chi connectivity index (χ4v) is 1.11. The standard InChI is InChI=1S/C5H11N3OS/c6-8-3-1-7(2-4-8)5(9)10/h1-4,6H2,(H,9,10). The van der Waals surface area contributed by atoms with Crippen molar-refractivity contribution in [3.63, 3.8) is 0 Å². The summed E-state index contributed by atoms with van der Waals surface area (Å²) in [5.41, 5.74) is 0. The third-order valence-electron chi connectivity index (χ3n) is 1.58. The molecule has 58 valence electrons. The molecule has 1 amide bonds. The van der Waals surface area contributed by atoms with E-state index in [1.807, 2.05) is 0 Å². The number of thiol groups is 1. The van der Waals surface area contributed by atoms with Crippen LogP contribution in [0.4, 0.5) is 4.79 Å². The van der Waals surface area contributed by atoms with Gasteiger partial charge in [-0.2, -0.15) is 0 Å². The van der Waals surface area contributed by atoms with Gasteiger partial charge in [0.15, 0.2) is 0 Å². The van der Waals surface area contributed by atoms with Gasteiger partial charge in [0.05, 0.1) is 0 Å². The SMILES string of the molecule is NN1CCN(C(=O)S)CC1. The molecule has 1 fully saturated rings. The monoisotopic (exact) mass is 161 g/mol. The van der Waals surface area contributed by atoms with E-state index in [-0.39, 0.29) is 5.24 Å². The number of amides is 1. The van der Waals surface area contributed by atoms with Crippen LogP contribution in [-0.2, 0) is 0 Å². The molecule has 10 heavy (non-hydrogen) atoms. The van der Waals surface area contributed by atoms with E-state index in [0.717, 1.165) is 13.1 Å². The third-order valence-corrected chi connectivity index (χ3v) is 1.87. The number of hydrogen-bond donors (Lipinski definition) is 2. The second-order valence-corrected chi connectivity index (χ2v) is 2.69. The van der Waals surface area contributed by atoms with Gasteiger partial charge in [-0.25, -0.2) is 5.01 Å². The molecule has 0 aliphatic carbocycles. The molecule has 4 nitrogen and oxygen atoms in total. The number of carbonyl (C=O) groups is 1. The molecule has 1 aliphatic rings. The van der Waals surface area contributed by atoms with Crippen molar-refractivity contribution in [2.75, 3.05) is 26.2 Å². The Bertz CT molecular complexity index is 133. The Labute approximate surface area is 65.3 Å². The van der Waals surface area contributed by atoms with Crippen LogP contribution in [0.25, 0.3) is 0 Å². The zero-order valence-electron chi connectivity index (χ0n) is 5.66. The summed E-state index contributed by atoms with van der Waals surface area (Å²) in [4.78, 5) is 12.3. The molecule has 1 heterocycles. The van der Waals surface area contributed by atoms with E-state index in [0.29, 0.717) is 13.1 Å². The molecule has 0 spiro atoms. The topological polar surface area (TPSA) is 49.6 Å². The first kappa shape index (κ1) is 7.84. The number of hydrogen-bond acceptors (Lipinski definition) is 3. The lowest BCUT2D eigenvalue weighted by Gasteiger charge is -2.30. The van der Waals surface area contributed by atoms with E-state index in [9.17, 15) is 4.79 Å². The quantitative estimate of drug-likeness (QED) is 0.373. The summed E-state index contributed by atoms with van der Waals surface area (Å²) in [6, 6.07) is 0. The molecule has 0 atom stereocenters. The number of rotatable bonds is 0. The van der Waals surface area contributed by atoms with Crippen LogP contribution in [0.3, 0.4) is 0 Å². The summed E-state index contributed by atoms with van der Waals surface area (Å²) >= 11 is 3.70. The Morgan fingerprint density at radius 3 is 2.20 bits per heavy atom. The van der Waals surface area contributed by atoms with E-state index >= 15 is 0 Å². The van der Waals surface area contributed by atoms with E-state index in [1.54, 1.807) is 9.91 Å². The predicted octanol–water partition coefficient (Wildman–Crippen LogP) is -0.472. The van der Waals surface area contributed by atoms with Crippen LogP contribution >= 0.6 is 12.6 Å². The van der Waals surface area contributed by atoms with Crippen molar-refractivity contribution in [1.82, 2.24) is 9.91 Å². The minimum atomic E-state index is -0.159. The molecule has 0 bridgehead atoms. The van der Waals surface area contributed by atoms with Crippen molar-refractivity contribution >= 4 is 17.9 Å². The Kier molecular flexibility index (Phi) is 2.53. The largest absolute Gasteiger partial charge is 0.331 e. The number of carbonyl (C=O) groups excluding carboxylic acids is 1. The highest BCUT2D eigenvalue weighted by Crippen LogP contribution is 2.00. The van der Waals surface area contributed by atoms with Gasteiger partial charge in [-0.3, -0.25) is 10.6 Å². The Morgan fingerprint density at radius 2 is 1.80 bits per heavy atom. The van der Waals surface area contributed by atoms with Crippen molar-refractivity contribution in [2.24, 2.45) is 5.84 Å². The molecule has 1 rings (SSSR count). The highest BCUT2D eigenvalue weighted by atomic mass is 32.1. The summed E-state index contributed by atoms with van der Waals surface area (Å²) < 4.78 is 0. The maximum absolute atomic E-state index is 10.6. The first-order valence-corrected chi connectivity index (χ1v) is 3.62. The van der Waals surface area contributed by atoms with Gasteiger partial charge in [0.1, 0.15) is 0 Å². The highest BCUT2D eigenvalue weighted by Gasteiger charge is 2.15. The summed E-state index contributed by atoms with van der Waals surface area (Å²) in [7, 11) is 0. The fraction of sp³-hybridized carbons (Fsp3) is 0.800. The van der Waals surface area contributed by atoms with Gasteiger partial charge in [-0.1, -0.05) is 12.6 Å². The van der Waals surface area contributed by atoms with Crippen LogP contribution in [0.5, 0.6) is 0 Å². The summed E-state index contributed by atoms with van der Waals surface area (Å²) in [6.07, 6.45) is 0. The molecule has 1 aliphatic heterocycles. The summed E-state index contributed by atoms with van der Waals surface area (Å²) in [5.74, 6) is 5.47. The molecule has 1 saturated heterocycles. The Morgan fingerprint density at radius 1 is 1.30 bits per heavy atom. The van der Waals surface area contributed by atoms with Crippen molar-refractivity contribution in [3.05, 3.63) is 0 Å². The van der Waals surface area contributed by atoms with Gasteiger partial charge < -0.3 is 4.90 Å². The van der Waals surface area contributed by atoms with Crippen molar-refractivity contribution in [3.8, 4) is 0 Å². The molecule has 0 aromatic rings. The molecule has 0 radical (unpaired) electrons. The lowest BCUT2D eigenvalue weighted by atomic mass is 10.4. The van der Waals surface area contributed by atoms with Gasteiger partial charge in [-0.05, 0) is 0 Å². The molecular weight excluding hydrogens is 150 g/mol. The Balaban J connectivity index is 2.33. The van der Waals surface area contributed by atoms with Crippen molar-refractivity contribution in [1.29, 1.82) is 0 Å². The van der Waals surface area contributed by atoms with Crippen LogP contribution in [0.2, 0.25) is 0 Å². The van der Waals surface area contributed by atoms with Crippen LogP contribution < -0.4 is 5.84 Å². The molecule has 2 N–H and O–H groups in total. The van der Waals surface area contributed by atoms with Gasteiger partial charge in [-0.15, -0.1) is 0 Å². The van der Waals surface area contributed by atoms with Crippen LogP contribution in [0.15, 0.2) is 0 Å². The highest BCUT2D eigenvalue weighted by molar-refractivity contribution is 7.96. The number of nitrogens with zero attached hydrogens (tertiary/aromatic N) is 2. The summed E-state index contributed by atoms with van der Waals surface area (Å²) in [6.45, 7) is 2.87. The van der Waals surface area contributed by atoms with E-state index in [2.05, 4.69) is 12.6 Å². The maximum atomic E-state index is 10.6. The number of piperazine rings is 1. The van der Waals surface area contributed by atoms with Crippen LogP contribution in [-0.4, -0.2) is 41.3 Å². The smallest absolute Gasteiger partial charge is 0.278 e. The number of nitrogens with two attached hydrogens (primary N) is 1. The molecule has 0 unspecified atom stereocenters. The molecule has 0 saturated carbocycles. The van der Waals surface area contributed by atoms with E-state index in [4.69, 9.17) is 5.84 Å². The minimum absolute atomic E-state index is 0.159. The zero-order valence-corrected chi connectivity index (χ0v) is 6.55. The van der Waals surface area contributed by atoms with E-state index < -0.39 is 0 Å². The molecular formula is C5H11N3OS. The zero-order chi connectivity index (χ0) is 7.56. The first-order chi connectivity index (χ1) is 4.70. The van der Waals surface area contributed by atoms with Gasteiger partial charge in [0.25, 0.3) is 5.24 Å². The van der Waals surface area contributed by atoms with Crippen LogP contribution in [0, 0.1) is 0 Å². The lowest BCUT2D eigenvalue weighted by Crippen LogP contribution is -2.49. The number of hydrazine groups is 1. The van der Waals surface area contributed by atoms with Crippen LogP contribution in [0.1, 0.15) is 0 Å². The second-order valence-electron chi connectivity index (χ2n) is 2.31. The van der Waals surface area contributed by atoms with Gasteiger partial charge >= 0.3 is 0 Å². The van der Waals surface area contributed by atoms with Gasteiger partial charge in [0.2, 0.25) is 0 Å². The van der Waals surface area contributed by atoms with E-state index in [1.165, 1.54) is 0 Å². The fourth-order valence-electron chi connectivity index (χ4n) is 0.913. The third kappa shape index (κ3) is 1.86. The van der Waals surface area contributed by atoms with Gasteiger partial charge in [0, 0.05) is 26.2 Å². The predicted molar refractivity (Wildman–Crippen MR) is 41.7 cm³/mol. The first-order valence-electron chi connectivity index (χ1n) is 3.17. The minimum Gasteiger partial charge on any atom is -0.331 e. The molecule has 5 heteroatoms. The normalized spacial score (nSPS) is 21.2. The molecule has 0 aromatic heterocycles. The lowest BCUT2D eigenvalue weighted by molar-refractivity contribution is 0.156.